The summed E-state index contributed by atoms with van der Waals surface area (Å²) in [6, 6.07) is 29.6. The fraction of sp³-hybridized carbons (Fsp3) is 0.200. The maximum absolute atomic E-state index is 6.74. The summed E-state index contributed by atoms with van der Waals surface area (Å²) in [7, 11) is 0. The van der Waals surface area contributed by atoms with E-state index in [4.69, 9.17) is 11.5 Å². The van der Waals surface area contributed by atoms with Crippen LogP contribution < -0.4 is 11.5 Å². The first-order valence-corrected chi connectivity index (χ1v) is 11.4. The molecule has 2 nitrogen and oxygen atoms in total. The van der Waals surface area contributed by atoms with Crippen LogP contribution in [0.15, 0.2) is 84.9 Å². The van der Waals surface area contributed by atoms with Crippen LogP contribution in [0.25, 0.3) is 33.4 Å². The second kappa shape index (κ2) is 8.92. The van der Waals surface area contributed by atoms with Crippen LogP contribution in [-0.4, -0.2) is 0 Å². The van der Waals surface area contributed by atoms with E-state index in [1.807, 2.05) is 18.2 Å². The van der Waals surface area contributed by atoms with E-state index in [2.05, 4.69) is 94.4 Å². The van der Waals surface area contributed by atoms with Crippen molar-refractivity contribution in [3.63, 3.8) is 0 Å². The number of anilines is 2. The first-order chi connectivity index (χ1) is 15.4. The molecule has 0 amide bonds. The molecule has 0 saturated carbocycles. The summed E-state index contributed by atoms with van der Waals surface area (Å²) in [4.78, 5) is 0. The SMILES string of the molecule is CC(C)c1ccccc1-c1c(N)ccc(-c2ccc(N)cc2)c1-c1ccccc1C(C)C. The molecule has 0 aliphatic rings. The fourth-order valence-corrected chi connectivity index (χ4v) is 4.55. The van der Waals surface area contributed by atoms with Crippen molar-refractivity contribution in [2.75, 3.05) is 11.5 Å². The highest BCUT2D eigenvalue weighted by Crippen LogP contribution is 2.47. The molecule has 2 heteroatoms. The number of rotatable bonds is 5. The predicted molar refractivity (Wildman–Crippen MR) is 140 cm³/mol. The quantitative estimate of drug-likeness (QED) is 0.320. The molecule has 4 rings (SSSR count). The van der Waals surface area contributed by atoms with E-state index in [9.17, 15) is 0 Å². The average Bonchev–Trinajstić information content (AvgIpc) is 2.79. The standard InChI is InChI=1S/C30H32N2/c1-19(2)23-9-5-7-11-26(23)29-25(21-13-15-22(31)16-14-21)17-18-28(32)30(29)27-12-8-6-10-24(27)20(3)4/h5-20H,31-32H2,1-4H3. The summed E-state index contributed by atoms with van der Waals surface area (Å²) < 4.78 is 0. The number of benzene rings is 4. The van der Waals surface area contributed by atoms with E-state index < -0.39 is 0 Å². The van der Waals surface area contributed by atoms with Gasteiger partial charge in [0, 0.05) is 16.9 Å². The van der Waals surface area contributed by atoms with Gasteiger partial charge in [-0.3, -0.25) is 0 Å². The average molecular weight is 421 g/mol. The lowest BCUT2D eigenvalue weighted by molar-refractivity contribution is 0.867. The zero-order chi connectivity index (χ0) is 22.8. The van der Waals surface area contributed by atoms with E-state index in [0.717, 1.165) is 22.5 Å². The van der Waals surface area contributed by atoms with Crippen LogP contribution >= 0.6 is 0 Å². The normalized spacial score (nSPS) is 11.3. The first-order valence-electron chi connectivity index (χ1n) is 11.4. The minimum absolute atomic E-state index is 0.388. The number of nitrogen functional groups attached to an aromatic ring is 2. The summed E-state index contributed by atoms with van der Waals surface area (Å²) in [5.74, 6) is 0.777. The fourth-order valence-electron chi connectivity index (χ4n) is 4.55. The van der Waals surface area contributed by atoms with Crippen LogP contribution in [0.5, 0.6) is 0 Å². The molecular formula is C30H32N2. The third-order valence-electron chi connectivity index (χ3n) is 6.16. The van der Waals surface area contributed by atoms with Gasteiger partial charge in [-0.1, -0.05) is 94.4 Å². The number of hydrogen-bond donors (Lipinski definition) is 2. The Balaban J connectivity index is 2.14. The van der Waals surface area contributed by atoms with Crippen LogP contribution in [0.2, 0.25) is 0 Å². The Bertz CT molecular complexity index is 1230. The van der Waals surface area contributed by atoms with Gasteiger partial charge in [-0.25, -0.2) is 0 Å². The Morgan fingerprint density at radius 2 is 1.00 bits per heavy atom. The van der Waals surface area contributed by atoms with Crippen molar-refractivity contribution in [2.24, 2.45) is 0 Å². The van der Waals surface area contributed by atoms with Gasteiger partial charge in [-0.15, -0.1) is 0 Å². The van der Waals surface area contributed by atoms with Gasteiger partial charge in [0.25, 0.3) is 0 Å². The van der Waals surface area contributed by atoms with Gasteiger partial charge in [0.2, 0.25) is 0 Å². The molecule has 0 fully saturated rings. The van der Waals surface area contributed by atoms with E-state index in [1.165, 1.54) is 33.4 Å². The van der Waals surface area contributed by atoms with Gasteiger partial charge in [-0.05, 0) is 69.0 Å². The maximum atomic E-state index is 6.74. The minimum atomic E-state index is 0.388. The van der Waals surface area contributed by atoms with Crippen LogP contribution in [0.3, 0.4) is 0 Å². The Kier molecular flexibility index (Phi) is 6.05. The van der Waals surface area contributed by atoms with Gasteiger partial charge >= 0.3 is 0 Å². The molecule has 0 aliphatic heterocycles. The Morgan fingerprint density at radius 1 is 0.500 bits per heavy atom. The van der Waals surface area contributed by atoms with Crippen LogP contribution in [0.4, 0.5) is 11.4 Å². The molecule has 4 N–H and O–H groups in total. The Labute approximate surface area is 191 Å². The van der Waals surface area contributed by atoms with Crippen molar-refractivity contribution in [3.05, 3.63) is 96.1 Å². The summed E-state index contributed by atoms with van der Waals surface area (Å²) in [6.45, 7) is 8.96. The summed E-state index contributed by atoms with van der Waals surface area (Å²) in [6.07, 6.45) is 0. The van der Waals surface area contributed by atoms with Crippen molar-refractivity contribution >= 4 is 11.4 Å². The molecule has 4 aromatic rings. The molecule has 0 bridgehead atoms. The molecule has 0 radical (unpaired) electrons. The highest BCUT2D eigenvalue weighted by Gasteiger charge is 2.22. The molecule has 0 spiro atoms. The van der Waals surface area contributed by atoms with E-state index >= 15 is 0 Å². The van der Waals surface area contributed by atoms with Crippen LogP contribution in [0.1, 0.15) is 50.7 Å². The van der Waals surface area contributed by atoms with Gasteiger partial charge in [0.05, 0.1) is 0 Å². The molecule has 0 heterocycles. The topological polar surface area (TPSA) is 52.0 Å². The van der Waals surface area contributed by atoms with E-state index in [0.29, 0.717) is 11.8 Å². The highest BCUT2D eigenvalue weighted by molar-refractivity contribution is 6.01. The maximum Gasteiger partial charge on any atom is 0.0400 e. The zero-order valence-corrected chi connectivity index (χ0v) is 19.4. The molecule has 0 unspecified atom stereocenters. The summed E-state index contributed by atoms with van der Waals surface area (Å²) >= 11 is 0. The van der Waals surface area contributed by atoms with Gasteiger partial charge in [-0.2, -0.15) is 0 Å². The van der Waals surface area contributed by atoms with Crippen molar-refractivity contribution in [2.45, 2.75) is 39.5 Å². The smallest absolute Gasteiger partial charge is 0.0400 e. The molecule has 0 saturated heterocycles. The Hall–Kier alpha value is -3.52. The van der Waals surface area contributed by atoms with Crippen LogP contribution in [-0.2, 0) is 0 Å². The van der Waals surface area contributed by atoms with Crippen molar-refractivity contribution in [1.29, 1.82) is 0 Å². The molecule has 0 aliphatic carbocycles. The lowest BCUT2D eigenvalue weighted by atomic mass is 9.81. The van der Waals surface area contributed by atoms with Crippen LogP contribution in [0, 0.1) is 0 Å². The van der Waals surface area contributed by atoms with Crippen molar-refractivity contribution < 1.29 is 0 Å². The first kappa shape index (κ1) is 21.7. The molecular weight excluding hydrogens is 388 g/mol. The lowest BCUT2D eigenvalue weighted by Crippen LogP contribution is -2.02. The zero-order valence-electron chi connectivity index (χ0n) is 19.4. The molecule has 0 atom stereocenters. The van der Waals surface area contributed by atoms with Gasteiger partial charge < -0.3 is 11.5 Å². The van der Waals surface area contributed by atoms with E-state index in [1.54, 1.807) is 0 Å². The minimum Gasteiger partial charge on any atom is -0.399 e. The van der Waals surface area contributed by atoms with Gasteiger partial charge in [0.1, 0.15) is 0 Å². The third kappa shape index (κ3) is 4.01. The van der Waals surface area contributed by atoms with Crippen molar-refractivity contribution in [1.82, 2.24) is 0 Å². The lowest BCUT2D eigenvalue weighted by Gasteiger charge is -2.24. The van der Waals surface area contributed by atoms with Crippen molar-refractivity contribution in [3.8, 4) is 33.4 Å². The Morgan fingerprint density at radius 3 is 1.53 bits per heavy atom. The number of hydrogen-bond acceptors (Lipinski definition) is 2. The monoisotopic (exact) mass is 420 g/mol. The van der Waals surface area contributed by atoms with Gasteiger partial charge in [0.15, 0.2) is 0 Å². The van der Waals surface area contributed by atoms with E-state index in [-0.39, 0.29) is 0 Å². The second-order valence-electron chi connectivity index (χ2n) is 9.06. The highest BCUT2D eigenvalue weighted by atomic mass is 14.6. The number of nitrogens with two attached hydrogens (primary N) is 2. The summed E-state index contributed by atoms with van der Waals surface area (Å²) in [5.41, 5.74) is 23.9. The molecule has 32 heavy (non-hydrogen) atoms. The summed E-state index contributed by atoms with van der Waals surface area (Å²) in [5, 5.41) is 0. The largest absolute Gasteiger partial charge is 0.399 e. The molecule has 0 aromatic heterocycles. The molecule has 162 valence electrons. The predicted octanol–water partition coefficient (Wildman–Crippen LogP) is 8.10. The second-order valence-corrected chi connectivity index (χ2v) is 9.06. The molecule has 4 aromatic carbocycles. The third-order valence-corrected chi connectivity index (χ3v) is 6.16.